The molecule has 0 atom stereocenters. The molecule has 1 aromatic carbocycles. The molecule has 1 aromatic rings. The Morgan fingerprint density at radius 3 is 2.21 bits per heavy atom. The fourth-order valence-corrected chi connectivity index (χ4v) is 1.21. The molecule has 0 radical (unpaired) electrons. The van der Waals surface area contributed by atoms with E-state index in [4.69, 9.17) is 0 Å². The van der Waals surface area contributed by atoms with Crippen LogP contribution in [0.5, 0.6) is 0 Å². The molecular formula is C13H21N. The maximum atomic E-state index is 3.78. The van der Waals surface area contributed by atoms with Crippen LogP contribution in [-0.2, 0) is 0 Å². The maximum Gasteiger partial charge on any atom is 0.0437 e. The van der Waals surface area contributed by atoms with Gasteiger partial charge in [-0.1, -0.05) is 38.6 Å². The molecule has 0 amide bonds. The fraction of sp³-hybridized carbons (Fsp3) is 0.385. The van der Waals surface area contributed by atoms with E-state index < -0.39 is 0 Å². The lowest BCUT2D eigenvalue weighted by molar-refractivity contribution is 1.12. The molecule has 0 heterocycles. The van der Waals surface area contributed by atoms with Crippen molar-refractivity contribution in [2.24, 2.45) is 0 Å². The number of aryl methyl sites for hydroxylation is 1. The summed E-state index contributed by atoms with van der Waals surface area (Å²) in [6, 6.07) is 6.36. The zero-order valence-corrected chi connectivity index (χ0v) is 9.96. The fourth-order valence-electron chi connectivity index (χ4n) is 1.21. The van der Waals surface area contributed by atoms with Gasteiger partial charge in [-0.15, -0.1) is 0 Å². The Morgan fingerprint density at radius 2 is 1.79 bits per heavy atom. The van der Waals surface area contributed by atoms with Gasteiger partial charge in [-0.3, -0.25) is 0 Å². The van der Waals surface area contributed by atoms with E-state index >= 15 is 0 Å². The third-order valence-corrected chi connectivity index (χ3v) is 1.89. The van der Waals surface area contributed by atoms with Crippen molar-refractivity contribution in [1.82, 2.24) is 0 Å². The highest BCUT2D eigenvalue weighted by molar-refractivity contribution is 5.67. The molecule has 0 spiro atoms. The molecule has 0 aliphatic rings. The Balaban J connectivity index is 0.000000791. The zero-order chi connectivity index (χ0) is 11.1. The molecule has 1 rings (SSSR count). The van der Waals surface area contributed by atoms with Gasteiger partial charge in [0.05, 0.1) is 0 Å². The summed E-state index contributed by atoms with van der Waals surface area (Å²) >= 11 is 0. The third kappa shape index (κ3) is 3.25. The molecule has 0 aliphatic carbocycles. The Morgan fingerprint density at radius 1 is 1.21 bits per heavy atom. The lowest BCUT2D eigenvalue weighted by Gasteiger charge is -2.16. The first kappa shape index (κ1) is 12.8. The van der Waals surface area contributed by atoms with Crippen LogP contribution in [0.15, 0.2) is 24.8 Å². The van der Waals surface area contributed by atoms with Crippen molar-refractivity contribution in [3.05, 3.63) is 35.9 Å². The highest BCUT2D eigenvalue weighted by atomic mass is 15.1. The van der Waals surface area contributed by atoms with Crippen LogP contribution in [0, 0.1) is 6.92 Å². The number of anilines is 1. The van der Waals surface area contributed by atoms with Gasteiger partial charge in [-0.05, 0) is 24.1 Å². The van der Waals surface area contributed by atoms with E-state index in [1.807, 2.05) is 34.0 Å². The number of nitrogens with zero attached hydrogens (tertiary/aromatic N) is 1. The summed E-state index contributed by atoms with van der Waals surface area (Å²) in [5.41, 5.74) is 3.69. The Kier molecular flexibility index (Phi) is 5.70. The normalized spacial score (nSPS) is 8.64. The van der Waals surface area contributed by atoms with Crippen molar-refractivity contribution in [3.8, 4) is 0 Å². The van der Waals surface area contributed by atoms with E-state index in [9.17, 15) is 0 Å². The van der Waals surface area contributed by atoms with Gasteiger partial charge < -0.3 is 4.90 Å². The van der Waals surface area contributed by atoms with Crippen molar-refractivity contribution in [3.63, 3.8) is 0 Å². The minimum Gasteiger partial charge on any atom is -0.377 e. The zero-order valence-electron chi connectivity index (χ0n) is 9.96. The molecule has 1 heteroatoms. The van der Waals surface area contributed by atoms with Crippen LogP contribution in [0.3, 0.4) is 0 Å². The molecule has 0 fully saturated rings. The number of rotatable bonds is 2. The highest BCUT2D eigenvalue weighted by Crippen LogP contribution is 2.20. The maximum absolute atomic E-state index is 3.78. The van der Waals surface area contributed by atoms with Gasteiger partial charge in [0.2, 0.25) is 0 Å². The van der Waals surface area contributed by atoms with Crippen LogP contribution >= 0.6 is 0 Å². The van der Waals surface area contributed by atoms with Gasteiger partial charge in [0, 0.05) is 19.8 Å². The summed E-state index contributed by atoms with van der Waals surface area (Å²) in [4.78, 5) is 2.10. The SMILES string of the molecule is C=Cc1ccc(C)cc1N(C)C.CC. The molecule has 1 nitrogen and oxygen atoms in total. The van der Waals surface area contributed by atoms with Gasteiger partial charge >= 0.3 is 0 Å². The molecule has 0 N–H and O–H groups in total. The predicted octanol–water partition coefficient (Wildman–Crippen LogP) is 3.73. The smallest absolute Gasteiger partial charge is 0.0437 e. The van der Waals surface area contributed by atoms with Crippen molar-refractivity contribution in [2.75, 3.05) is 19.0 Å². The van der Waals surface area contributed by atoms with Crippen LogP contribution in [-0.4, -0.2) is 14.1 Å². The molecule has 0 bridgehead atoms. The molecule has 0 saturated carbocycles. The molecule has 0 saturated heterocycles. The van der Waals surface area contributed by atoms with Crippen molar-refractivity contribution < 1.29 is 0 Å². The molecule has 14 heavy (non-hydrogen) atoms. The number of hydrogen-bond acceptors (Lipinski definition) is 1. The number of benzene rings is 1. The lowest BCUT2D eigenvalue weighted by Crippen LogP contribution is -2.10. The molecular weight excluding hydrogens is 170 g/mol. The van der Waals surface area contributed by atoms with Crippen LogP contribution in [0.1, 0.15) is 25.0 Å². The van der Waals surface area contributed by atoms with Gasteiger partial charge in [0.15, 0.2) is 0 Å². The quantitative estimate of drug-likeness (QED) is 0.688. The van der Waals surface area contributed by atoms with Crippen molar-refractivity contribution in [2.45, 2.75) is 20.8 Å². The summed E-state index contributed by atoms with van der Waals surface area (Å²) in [6.07, 6.45) is 1.88. The standard InChI is InChI=1S/C11H15N.C2H6/c1-5-10-7-6-9(2)8-11(10)12(3)4;1-2/h5-8H,1H2,2-4H3;1-2H3. The molecule has 0 unspecified atom stereocenters. The van der Waals surface area contributed by atoms with Gasteiger partial charge in [0.25, 0.3) is 0 Å². The third-order valence-electron chi connectivity index (χ3n) is 1.89. The average molecular weight is 191 g/mol. The first-order valence-corrected chi connectivity index (χ1v) is 5.05. The molecule has 78 valence electrons. The minimum absolute atomic E-state index is 1.19. The number of hydrogen-bond donors (Lipinski definition) is 0. The Labute approximate surface area is 88.1 Å². The predicted molar refractivity (Wildman–Crippen MR) is 66.9 cm³/mol. The van der Waals surface area contributed by atoms with E-state index in [1.165, 1.54) is 16.8 Å². The summed E-state index contributed by atoms with van der Waals surface area (Å²) in [5.74, 6) is 0. The largest absolute Gasteiger partial charge is 0.377 e. The summed E-state index contributed by atoms with van der Waals surface area (Å²) in [5, 5.41) is 0. The van der Waals surface area contributed by atoms with Gasteiger partial charge in [-0.2, -0.15) is 0 Å². The second-order valence-electron chi connectivity index (χ2n) is 3.16. The summed E-state index contributed by atoms with van der Waals surface area (Å²) < 4.78 is 0. The lowest BCUT2D eigenvalue weighted by atomic mass is 10.1. The van der Waals surface area contributed by atoms with Crippen LogP contribution in [0.25, 0.3) is 6.08 Å². The second-order valence-corrected chi connectivity index (χ2v) is 3.16. The topological polar surface area (TPSA) is 3.24 Å². The Bertz CT molecular complexity index is 287. The van der Waals surface area contributed by atoms with Crippen LogP contribution in [0.4, 0.5) is 5.69 Å². The Hall–Kier alpha value is -1.24. The van der Waals surface area contributed by atoms with Crippen LogP contribution < -0.4 is 4.90 Å². The van der Waals surface area contributed by atoms with E-state index in [-0.39, 0.29) is 0 Å². The second kappa shape index (κ2) is 6.25. The van der Waals surface area contributed by atoms with Gasteiger partial charge in [0.1, 0.15) is 0 Å². The molecule has 0 aliphatic heterocycles. The first-order chi connectivity index (χ1) is 6.65. The van der Waals surface area contributed by atoms with E-state index in [1.54, 1.807) is 0 Å². The molecule has 0 aromatic heterocycles. The minimum atomic E-state index is 1.19. The van der Waals surface area contributed by atoms with E-state index in [0.29, 0.717) is 0 Å². The van der Waals surface area contributed by atoms with E-state index in [2.05, 4.69) is 36.6 Å². The summed E-state index contributed by atoms with van der Waals surface area (Å²) in [7, 11) is 4.09. The monoisotopic (exact) mass is 191 g/mol. The first-order valence-electron chi connectivity index (χ1n) is 5.05. The average Bonchev–Trinajstić information content (AvgIpc) is 2.20. The van der Waals surface area contributed by atoms with Crippen molar-refractivity contribution >= 4 is 11.8 Å². The van der Waals surface area contributed by atoms with Crippen molar-refractivity contribution in [1.29, 1.82) is 0 Å². The van der Waals surface area contributed by atoms with Gasteiger partial charge in [-0.25, -0.2) is 0 Å². The van der Waals surface area contributed by atoms with E-state index in [0.717, 1.165) is 0 Å². The highest BCUT2D eigenvalue weighted by Gasteiger charge is 2.00. The summed E-state index contributed by atoms with van der Waals surface area (Å²) in [6.45, 7) is 9.87. The van der Waals surface area contributed by atoms with Crippen LogP contribution in [0.2, 0.25) is 0 Å².